The number of aryl methyl sites for hydroxylation is 1. The van der Waals surface area contributed by atoms with E-state index in [-0.39, 0.29) is 12.6 Å². The molecule has 1 aromatic heterocycles. The van der Waals surface area contributed by atoms with E-state index >= 15 is 0 Å². The molecule has 20 heavy (non-hydrogen) atoms. The van der Waals surface area contributed by atoms with Gasteiger partial charge in [0.15, 0.2) is 0 Å². The fourth-order valence-electron chi connectivity index (χ4n) is 2.49. The minimum absolute atomic E-state index is 0.0197. The number of piperidine rings is 1. The van der Waals surface area contributed by atoms with E-state index in [1.54, 1.807) is 6.07 Å². The maximum atomic E-state index is 12.4. The minimum Gasteiger partial charge on any atom is -0.391 e. The number of likely N-dealkylation sites (N-methyl/N-ethyl adjacent to an activating group) is 1. The van der Waals surface area contributed by atoms with Gasteiger partial charge in [0.05, 0.1) is 6.61 Å². The standard InChI is InChI=1S/C13H22N2O3S2/c1-3-15-6-4-5-11(8-15)14-20(17,18)13-7-10(2)12(9-16)19-13/h7,11,14,16H,3-6,8-9H2,1-2H3. The second-order valence-corrected chi connectivity index (χ2v) is 8.26. The van der Waals surface area contributed by atoms with Crippen molar-refractivity contribution >= 4 is 21.4 Å². The van der Waals surface area contributed by atoms with E-state index in [9.17, 15) is 13.5 Å². The molecule has 2 heterocycles. The van der Waals surface area contributed by atoms with Crippen molar-refractivity contribution in [3.63, 3.8) is 0 Å². The molecular weight excluding hydrogens is 296 g/mol. The maximum absolute atomic E-state index is 12.4. The zero-order valence-electron chi connectivity index (χ0n) is 11.9. The van der Waals surface area contributed by atoms with Gasteiger partial charge >= 0.3 is 0 Å². The third kappa shape index (κ3) is 3.59. The minimum atomic E-state index is -3.47. The molecule has 0 aliphatic carbocycles. The first-order valence-corrected chi connectivity index (χ1v) is 9.21. The Kier molecular flexibility index (Phi) is 5.19. The second kappa shape index (κ2) is 6.53. The molecule has 1 aliphatic rings. The van der Waals surface area contributed by atoms with Crippen molar-refractivity contribution < 1.29 is 13.5 Å². The van der Waals surface area contributed by atoms with Gasteiger partial charge in [0.1, 0.15) is 4.21 Å². The highest BCUT2D eigenvalue weighted by atomic mass is 32.2. The van der Waals surface area contributed by atoms with Crippen molar-refractivity contribution in [1.29, 1.82) is 0 Å². The van der Waals surface area contributed by atoms with Gasteiger partial charge < -0.3 is 10.0 Å². The fraction of sp³-hybridized carbons (Fsp3) is 0.692. The Morgan fingerprint density at radius 2 is 2.30 bits per heavy atom. The van der Waals surface area contributed by atoms with Crippen LogP contribution in [0, 0.1) is 6.92 Å². The van der Waals surface area contributed by atoms with Crippen LogP contribution in [-0.2, 0) is 16.6 Å². The van der Waals surface area contributed by atoms with Gasteiger partial charge in [0, 0.05) is 17.5 Å². The maximum Gasteiger partial charge on any atom is 0.250 e. The molecule has 0 spiro atoms. The summed E-state index contributed by atoms with van der Waals surface area (Å²) in [6.45, 7) is 6.56. The third-order valence-electron chi connectivity index (χ3n) is 3.68. The number of nitrogens with zero attached hydrogens (tertiary/aromatic N) is 1. The summed E-state index contributed by atoms with van der Waals surface area (Å²) in [4.78, 5) is 2.97. The van der Waals surface area contributed by atoms with Crippen LogP contribution in [-0.4, -0.2) is 44.1 Å². The second-order valence-electron chi connectivity index (χ2n) is 5.18. The van der Waals surface area contributed by atoms with Crippen molar-refractivity contribution in [3.05, 3.63) is 16.5 Å². The molecule has 1 aliphatic heterocycles. The summed E-state index contributed by atoms with van der Waals surface area (Å²) >= 11 is 1.15. The van der Waals surface area contributed by atoms with E-state index in [0.29, 0.717) is 9.09 Å². The lowest BCUT2D eigenvalue weighted by Crippen LogP contribution is -2.47. The number of rotatable bonds is 5. The summed E-state index contributed by atoms with van der Waals surface area (Å²) in [6.07, 6.45) is 1.90. The van der Waals surface area contributed by atoms with E-state index in [1.807, 2.05) is 6.92 Å². The predicted octanol–water partition coefficient (Wildman–Crippen LogP) is 1.31. The first kappa shape index (κ1) is 15.9. The van der Waals surface area contributed by atoms with Gasteiger partial charge in [0.2, 0.25) is 10.0 Å². The van der Waals surface area contributed by atoms with Crippen LogP contribution in [0.25, 0.3) is 0 Å². The number of aliphatic hydroxyl groups is 1. The monoisotopic (exact) mass is 318 g/mol. The van der Waals surface area contributed by atoms with E-state index < -0.39 is 10.0 Å². The lowest BCUT2D eigenvalue weighted by molar-refractivity contribution is 0.211. The van der Waals surface area contributed by atoms with Gasteiger partial charge in [-0.3, -0.25) is 0 Å². The lowest BCUT2D eigenvalue weighted by Gasteiger charge is -2.31. The quantitative estimate of drug-likeness (QED) is 0.859. The first-order valence-electron chi connectivity index (χ1n) is 6.91. The highest BCUT2D eigenvalue weighted by Gasteiger charge is 2.26. The van der Waals surface area contributed by atoms with Crippen LogP contribution in [0.1, 0.15) is 30.2 Å². The molecule has 0 saturated carbocycles. The van der Waals surface area contributed by atoms with Gasteiger partial charge in [-0.15, -0.1) is 11.3 Å². The van der Waals surface area contributed by atoms with Crippen LogP contribution in [0.5, 0.6) is 0 Å². The van der Waals surface area contributed by atoms with Crippen molar-refractivity contribution in [3.8, 4) is 0 Å². The fourth-order valence-corrected chi connectivity index (χ4v) is 5.22. The van der Waals surface area contributed by atoms with E-state index in [2.05, 4.69) is 16.5 Å². The Labute approximate surface area is 124 Å². The highest BCUT2D eigenvalue weighted by Crippen LogP contribution is 2.26. The molecule has 1 atom stereocenters. The van der Waals surface area contributed by atoms with E-state index in [1.165, 1.54) is 0 Å². The number of nitrogens with one attached hydrogen (secondary N) is 1. The normalized spacial score (nSPS) is 21.2. The highest BCUT2D eigenvalue weighted by molar-refractivity contribution is 7.91. The number of hydrogen-bond acceptors (Lipinski definition) is 5. The molecule has 114 valence electrons. The third-order valence-corrected chi connectivity index (χ3v) is 6.90. The number of aliphatic hydroxyl groups excluding tert-OH is 1. The van der Waals surface area contributed by atoms with Gasteiger partial charge in [0.25, 0.3) is 0 Å². The zero-order valence-corrected chi connectivity index (χ0v) is 13.6. The topological polar surface area (TPSA) is 69.6 Å². The molecule has 2 rings (SSSR count). The number of sulfonamides is 1. The van der Waals surface area contributed by atoms with Gasteiger partial charge in [-0.1, -0.05) is 6.92 Å². The van der Waals surface area contributed by atoms with Crippen LogP contribution < -0.4 is 4.72 Å². The summed E-state index contributed by atoms with van der Waals surface area (Å²) in [5.74, 6) is 0. The molecule has 1 saturated heterocycles. The molecular formula is C13H22N2O3S2. The summed E-state index contributed by atoms with van der Waals surface area (Å²) in [5.41, 5.74) is 0.830. The average molecular weight is 318 g/mol. The van der Waals surface area contributed by atoms with E-state index in [4.69, 9.17) is 0 Å². The van der Waals surface area contributed by atoms with Crippen molar-refractivity contribution in [2.45, 2.75) is 43.5 Å². The Balaban J connectivity index is 2.10. The van der Waals surface area contributed by atoms with Crippen molar-refractivity contribution in [2.24, 2.45) is 0 Å². The number of thiophene rings is 1. The van der Waals surface area contributed by atoms with Crippen LogP contribution >= 0.6 is 11.3 Å². The predicted molar refractivity (Wildman–Crippen MR) is 80.4 cm³/mol. The zero-order chi connectivity index (χ0) is 14.8. The van der Waals surface area contributed by atoms with Crippen LogP contribution in [0.4, 0.5) is 0 Å². The summed E-state index contributed by atoms with van der Waals surface area (Å²) in [5, 5.41) is 9.17. The molecule has 1 aromatic rings. The van der Waals surface area contributed by atoms with Gasteiger partial charge in [-0.05, 0) is 44.5 Å². The largest absolute Gasteiger partial charge is 0.391 e. The molecule has 1 fully saturated rings. The SMILES string of the molecule is CCN1CCCC(NS(=O)(=O)c2cc(C)c(CO)s2)C1. The van der Waals surface area contributed by atoms with Crippen molar-refractivity contribution in [2.75, 3.05) is 19.6 Å². The Morgan fingerprint density at radius 3 is 2.90 bits per heavy atom. The molecule has 0 aromatic carbocycles. The Morgan fingerprint density at radius 1 is 1.55 bits per heavy atom. The molecule has 2 N–H and O–H groups in total. The van der Waals surface area contributed by atoms with Crippen LogP contribution in [0.2, 0.25) is 0 Å². The Hall–Kier alpha value is -0.470. The first-order chi connectivity index (χ1) is 9.46. The summed E-state index contributed by atoms with van der Waals surface area (Å²) in [6, 6.07) is 1.62. The van der Waals surface area contributed by atoms with Gasteiger partial charge in [-0.25, -0.2) is 13.1 Å². The number of hydrogen-bond donors (Lipinski definition) is 2. The van der Waals surface area contributed by atoms with Gasteiger partial charge in [-0.2, -0.15) is 0 Å². The smallest absolute Gasteiger partial charge is 0.250 e. The number of likely N-dealkylation sites (tertiary alicyclic amines) is 1. The molecule has 5 nitrogen and oxygen atoms in total. The van der Waals surface area contributed by atoms with Crippen molar-refractivity contribution in [1.82, 2.24) is 9.62 Å². The molecule has 0 amide bonds. The van der Waals surface area contributed by atoms with E-state index in [0.717, 1.165) is 49.4 Å². The van der Waals surface area contributed by atoms with Crippen LogP contribution in [0.3, 0.4) is 0 Å². The molecule has 0 bridgehead atoms. The molecule has 0 radical (unpaired) electrons. The Bertz CT molecular complexity index is 554. The molecule has 1 unspecified atom stereocenters. The molecule has 7 heteroatoms. The average Bonchev–Trinajstić information content (AvgIpc) is 2.80. The lowest BCUT2D eigenvalue weighted by atomic mass is 10.1. The van der Waals surface area contributed by atoms with Crippen LogP contribution in [0.15, 0.2) is 10.3 Å². The summed E-state index contributed by atoms with van der Waals surface area (Å²) in [7, 11) is -3.47. The summed E-state index contributed by atoms with van der Waals surface area (Å²) < 4.78 is 27.9.